The zero-order chi connectivity index (χ0) is 18.9. The number of rotatable bonds is 7. The fraction of sp³-hybridized carbons (Fsp3) is 0.667. The van der Waals surface area contributed by atoms with Crippen molar-refractivity contribution in [1.82, 2.24) is 15.5 Å². The first-order chi connectivity index (χ1) is 13.2. The molecule has 0 aliphatic carbocycles. The van der Waals surface area contributed by atoms with E-state index in [9.17, 15) is 0 Å². The van der Waals surface area contributed by atoms with Crippen LogP contribution in [-0.4, -0.2) is 76.4 Å². The molecule has 2 N–H and O–H groups in total. The van der Waals surface area contributed by atoms with Crippen LogP contribution in [0.25, 0.3) is 0 Å². The highest BCUT2D eigenvalue weighted by atomic mass is 16.5. The summed E-state index contributed by atoms with van der Waals surface area (Å²) >= 11 is 0. The van der Waals surface area contributed by atoms with E-state index < -0.39 is 0 Å². The zero-order valence-electron chi connectivity index (χ0n) is 16.9. The third kappa shape index (κ3) is 6.40. The van der Waals surface area contributed by atoms with Crippen LogP contribution < -0.4 is 15.5 Å². The minimum absolute atomic E-state index is 0.450. The Morgan fingerprint density at radius 2 is 1.93 bits per heavy atom. The normalized spacial score (nSPS) is 21.5. The highest BCUT2D eigenvalue weighted by molar-refractivity contribution is 5.80. The quantitative estimate of drug-likeness (QED) is 0.434. The number of aliphatic imine (C=N–C) groups is 1. The van der Waals surface area contributed by atoms with Gasteiger partial charge < -0.3 is 20.3 Å². The van der Waals surface area contributed by atoms with Crippen LogP contribution in [0.3, 0.4) is 0 Å². The summed E-state index contributed by atoms with van der Waals surface area (Å²) in [7, 11) is 1.86. The molecular weight excluding hydrogens is 338 g/mol. The van der Waals surface area contributed by atoms with Crippen molar-refractivity contribution in [3.8, 4) is 0 Å². The number of unbranched alkanes of at least 4 members (excludes halogenated alkanes) is 1. The fourth-order valence-corrected chi connectivity index (χ4v) is 3.75. The lowest BCUT2D eigenvalue weighted by Gasteiger charge is -2.26. The van der Waals surface area contributed by atoms with Gasteiger partial charge in [0.2, 0.25) is 0 Å². The molecule has 6 nitrogen and oxygen atoms in total. The van der Waals surface area contributed by atoms with Crippen LogP contribution in [0.5, 0.6) is 0 Å². The Bertz CT molecular complexity index is 583. The standard InChI is InChI=1S/C21H35N5O/c1-18-5-7-20(8-6-18)26-12-9-19(17-26)24-21(22-2)23-10-3-4-11-25-13-15-27-16-14-25/h5-8,19H,3-4,9-17H2,1-2H3,(H2,22,23,24). The predicted octanol–water partition coefficient (Wildman–Crippen LogP) is 1.85. The molecule has 1 aromatic rings. The first kappa shape index (κ1) is 20.0. The summed E-state index contributed by atoms with van der Waals surface area (Å²) in [4.78, 5) is 9.34. The molecule has 6 heteroatoms. The molecule has 1 unspecified atom stereocenters. The summed E-state index contributed by atoms with van der Waals surface area (Å²) in [6.45, 7) is 10.3. The summed E-state index contributed by atoms with van der Waals surface area (Å²) in [5.41, 5.74) is 2.63. The molecule has 0 aromatic heterocycles. The molecule has 0 radical (unpaired) electrons. The summed E-state index contributed by atoms with van der Waals surface area (Å²) in [5, 5.41) is 7.06. The van der Waals surface area contributed by atoms with E-state index in [1.54, 1.807) is 0 Å². The van der Waals surface area contributed by atoms with Crippen molar-refractivity contribution in [3.63, 3.8) is 0 Å². The molecule has 0 amide bonds. The maximum Gasteiger partial charge on any atom is 0.191 e. The topological polar surface area (TPSA) is 52.1 Å². The number of nitrogens with zero attached hydrogens (tertiary/aromatic N) is 3. The fourth-order valence-electron chi connectivity index (χ4n) is 3.75. The molecule has 150 valence electrons. The van der Waals surface area contributed by atoms with Crippen molar-refractivity contribution < 1.29 is 4.74 Å². The Kier molecular flexibility index (Phi) is 7.78. The Morgan fingerprint density at radius 1 is 1.15 bits per heavy atom. The molecule has 2 aliphatic heterocycles. The van der Waals surface area contributed by atoms with E-state index >= 15 is 0 Å². The Balaban J connectivity index is 1.32. The Labute approximate surface area is 164 Å². The average Bonchev–Trinajstić information content (AvgIpc) is 3.16. The van der Waals surface area contributed by atoms with Crippen molar-refractivity contribution in [2.24, 2.45) is 4.99 Å². The number of anilines is 1. The SMILES string of the molecule is CN=C(NCCCCN1CCOCC1)NC1CCN(c2ccc(C)cc2)C1. The molecule has 2 fully saturated rings. The van der Waals surface area contributed by atoms with Gasteiger partial charge in [-0.05, 0) is 44.9 Å². The van der Waals surface area contributed by atoms with Gasteiger partial charge >= 0.3 is 0 Å². The van der Waals surface area contributed by atoms with Gasteiger partial charge in [-0.3, -0.25) is 9.89 Å². The van der Waals surface area contributed by atoms with Gasteiger partial charge in [-0.2, -0.15) is 0 Å². The summed E-state index contributed by atoms with van der Waals surface area (Å²) in [5.74, 6) is 0.928. The van der Waals surface area contributed by atoms with Gasteiger partial charge in [0.05, 0.1) is 13.2 Å². The third-order valence-electron chi connectivity index (χ3n) is 5.45. The number of ether oxygens (including phenoxy) is 1. The molecule has 1 atom stereocenters. The van der Waals surface area contributed by atoms with Gasteiger partial charge in [0.25, 0.3) is 0 Å². The number of hydrogen-bond acceptors (Lipinski definition) is 4. The number of guanidine groups is 1. The number of benzene rings is 1. The van der Waals surface area contributed by atoms with Crippen molar-refractivity contribution in [2.45, 2.75) is 32.2 Å². The van der Waals surface area contributed by atoms with E-state index in [0.717, 1.165) is 64.7 Å². The molecule has 3 rings (SSSR count). The van der Waals surface area contributed by atoms with Gasteiger partial charge in [0, 0.05) is 51.5 Å². The van der Waals surface area contributed by atoms with E-state index in [4.69, 9.17) is 4.74 Å². The smallest absolute Gasteiger partial charge is 0.191 e. The van der Waals surface area contributed by atoms with E-state index in [1.165, 1.54) is 24.2 Å². The zero-order valence-corrected chi connectivity index (χ0v) is 16.9. The van der Waals surface area contributed by atoms with Crippen LogP contribution in [0.15, 0.2) is 29.3 Å². The lowest BCUT2D eigenvalue weighted by atomic mass is 10.2. The van der Waals surface area contributed by atoms with Crippen LogP contribution in [0.4, 0.5) is 5.69 Å². The van der Waals surface area contributed by atoms with Gasteiger partial charge in [-0.15, -0.1) is 0 Å². The minimum Gasteiger partial charge on any atom is -0.379 e. The predicted molar refractivity (Wildman–Crippen MR) is 113 cm³/mol. The first-order valence-electron chi connectivity index (χ1n) is 10.3. The lowest BCUT2D eigenvalue weighted by molar-refractivity contribution is 0.0372. The average molecular weight is 374 g/mol. The van der Waals surface area contributed by atoms with Crippen LogP contribution in [0.2, 0.25) is 0 Å². The number of morpholine rings is 1. The van der Waals surface area contributed by atoms with Crippen LogP contribution in [0, 0.1) is 6.92 Å². The summed E-state index contributed by atoms with van der Waals surface area (Å²) in [6, 6.07) is 9.27. The molecule has 0 spiro atoms. The van der Waals surface area contributed by atoms with Gasteiger partial charge in [-0.1, -0.05) is 17.7 Å². The highest BCUT2D eigenvalue weighted by Gasteiger charge is 2.23. The van der Waals surface area contributed by atoms with Gasteiger partial charge in [0.15, 0.2) is 5.96 Å². The second kappa shape index (κ2) is 10.5. The largest absolute Gasteiger partial charge is 0.379 e. The Morgan fingerprint density at radius 3 is 2.67 bits per heavy atom. The van der Waals surface area contributed by atoms with E-state index in [1.807, 2.05) is 7.05 Å². The minimum atomic E-state index is 0.450. The van der Waals surface area contributed by atoms with Crippen LogP contribution in [-0.2, 0) is 4.74 Å². The number of hydrogen-bond donors (Lipinski definition) is 2. The second-order valence-electron chi connectivity index (χ2n) is 7.57. The number of aryl methyl sites for hydroxylation is 1. The maximum atomic E-state index is 5.40. The molecule has 2 saturated heterocycles. The number of nitrogens with one attached hydrogen (secondary N) is 2. The molecule has 2 aliphatic rings. The first-order valence-corrected chi connectivity index (χ1v) is 10.3. The molecule has 0 saturated carbocycles. The second-order valence-corrected chi connectivity index (χ2v) is 7.57. The Hall–Kier alpha value is -1.79. The van der Waals surface area contributed by atoms with E-state index in [2.05, 4.69) is 56.6 Å². The molecule has 0 bridgehead atoms. The molecule has 27 heavy (non-hydrogen) atoms. The van der Waals surface area contributed by atoms with Crippen molar-refractivity contribution in [1.29, 1.82) is 0 Å². The van der Waals surface area contributed by atoms with Crippen LogP contribution >= 0.6 is 0 Å². The molecular formula is C21H35N5O. The van der Waals surface area contributed by atoms with Crippen molar-refractivity contribution in [3.05, 3.63) is 29.8 Å². The van der Waals surface area contributed by atoms with Gasteiger partial charge in [0.1, 0.15) is 0 Å². The highest BCUT2D eigenvalue weighted by Crippen LogP contribution is 2.20. The van der Waals surface area contributed by atoms with Crippen molar-refractivity contribution >= 4 is 11.6 Å². The molecule has 1 aromatic carbocycles. The van der Waals surface area contributed by atoms with E-state index in [0.29, 0.717) is 6.04 Å². The third-order valence-corrected chi connectivity index (χ3v) is 5.45. The van der Waals surface area contributed by atoms with Crippen LogP contribution in [0.1, 0.15) is 24.8 Å². The molecule has 2 heterocycles. The summed E-state index contributed by atoms with van der Waals surface area (Å²) < 4.78 is 5.40. The monoisotopic (exact) mass is 373 g/mol. The maximum absolute atomic E-state index is 5.40. The van der Waals surface area contributed by atoms with Gasteiger partial charge in [-0.25, -0.2) is 0 Å². The lowest BCUT2D eigenvalue weighted by Crippen LogP contribution is -2.45. The van der Waals surface area contributed by atoms with Crippen molar-refractivity contribution in [2.75, 3.05) is 64.4 Å². The summed E-state index contributed by atoms with van der Waals surface area (Å²) in [6.07, 6.45) is 3.53. The van der Waals surface area contributed by atoms with E-state index in [-0.39, 0.29) is 0 Å².